The summed E-state index contributed by atoms with van der Waals surface area (Å²) in [5.41, 5.74) is 1.33. The van der Waals surface area contributed by atoms with Crippen molar-refractivity contribution in [2.75, 3.05) is 13.7 Å². The summed E-state index contributed by atoms with van der Waals surface area (Å²) in [5, 5.41) is 5.75. The van der Waals surface area contributed by atoms with Gasteiger partial charge in [0.05, 0.1) is 7.11 Å². The molecule has 2 N–H and O–H groups in total. The minimum atomic E-state index is -0.455. The van der Waals surface area contributed by atoms with Gasteiger partial charge in [-0.15, -0.1) is 0 Å². The second kappa shape index (κ2) is 9.18. The van der Waals surface area contributed by atoms with Gasteiger partial charge < -0.3 is 15.4 Å². The van der Waals surface area contributed by atoms with Gasteiger partial charge in [0.1, 0.15) is 0 Å². The van der Waals surface area contributed by atoms with Crippen molar-refractivity contribution in [3.8, 4) is 0 Å². The maximum absolute atomic E-state index is 12.1. The summed E-state index contributed by atoms with van der Waals surface area (Å²) < 4.78 is 4.48. The van der Waals surface area contributed by atoms with Gasteiger partial charge in [0.2, 0.25) is 5.91 Å². The van der Waals surface area contributed by atoms with Crippen LogP contribution >= 0.6 is 0 Å². The number of ether oxygens (including phenoxy) is 1. The lowest BCUT2D eigenvalue weighted by Gasteiger charge is -2.21. The van der Waals surface area contributed by atoms with E-state index in [1.807, 2.05) is 6.07 Å². The lowest BCUT2D eigenvalue weighted by atomic mass is 9.94. The van der Waals surface area contributed by atoms with E-state index in [-0.39, 0.29) is 11.9 Å². The van der Waals surface area contributed by atoms with Crippen LogP contribution in [-0.4, -0.2) is 31.7 Å². The molecule has 0 heterocycles. The standard InChI is InChI=1S/C18H26N2O3/c1-23-18(22)19-12-6-11-17(21)20-16-10-5-9-15(16)13-14-7-3-2-4-8-14/h2-4,7-8,15-16H,5-6,9-13H2,1H3,(H,19,22)(H,20,21)/t15-,16-/m1/s1. The number of hydrogen-bond acceptors (Lipinski definition) is 3. The second-order valence-electron chi connectivity index (χ2n) is 6.08. The molecule has 1 aromatic rings. The van der Waals surface area contributed by atoms with Crippen molar-refractivity contribution in [1.82, 2.24) is 10.6 Å². The van der Waals surface area contributed by atoms with Gasteiger partial charge in [-0.05, 0) is 37.2 Å². The van der Waals surface area contributed by atoms with Gasteiger partial charge in [0.15, 0.2) is 0 Å². The molecule has 1 aliphatic carbocycles. The first-order valence-corrected chi connectivity index (χ1v) is 8.34. The zero-order valence-electron chi connectivity index (χ0n) is 13.7. The zero-order valence-corrected chi connectivity index (χ0v) is 13.7. The van der Waals surface area contributed by atoms with Crippen molar-refractivity contribution in [3.63, 3.8) is 0 Å². The SMILES string of the molecule is COC(=O)NCCCC(=O)N[C@@H]1CCC[C@@H]1Cc1ccccc1. The highest BCUT2D eigenvalue weighted by atomic mass is 16.5. The number of methoxy groups -OCH3 is 1. The van der Waals surface area contributed by atoms with E-state index in [1.165, 1.54) is 25.5 Å². The number of rotatable bonds is 7. The quantitative estimate of drug-likeness (QED) is 0.760. The Bertz CT molecular complexity index is 504. The van der Waals surface area contributed by atoms with Crippen LogP contribution in [-0.2, 0) is 16.0 Å². The van der Waals surface area contributed by atoms with E-state index in [1.54, 1.807) is 0 Å². The normalized spacial score (nSPS) is 20.0. The fourth-order valence-corrected chi connectivity index (χ4v) is 3.18. The van der Waals surface area contributed by atoms with E-state index in [0.29, 0.717) is 25.3 Å². The molecule has 0 unspecified atom stereocenters. The first kappa shape index (κ1) is 17.3. The second-order valence-corrected chi connectivity index (χ2v) is 6.08. The average molecular weight is 318 g/mol. The average Bonchev–Trinajstić information content (AvgIpc) is 2.99. The molecule has 1 fully saturated rings. The Morgan fingerprint density at radius 1 is 1.22 bits per heavy atom. The molecule has 2 amide bonds. The Hall–Kier alpha value is -2.04. The number of nitrogens with one attached hydrogen (secondary N) is 2. The molecule has 0 bridgehead atoms. The Kier molecular flexibility index (Phi) is 6.91. The molecule has 0 saturated heterocycles. The van der Waals surface area contributed by atoms with Crippen LogP contribution in [0.15, 0.2) is 30.3 Å². The van der Waals surface area contributed by atoms with Gasteiger partial charge in [-0.2, -0.15) is 0 Å². The third kappa shape index (κ3) is 5.93. The molecule has 5 heteroatoms. The molecule has 0 aromatic heterocycles. The third-order valence-corrected chi connectivity index (χ3v) is 4.38. The van der Waals surface area contributed by atoms with Crippen LogP contribution < -0.4 is 10.6 Å². The van der Waals surface area contributed by atoms with Gasteiger partial charge in [0.25, 0.3) is 0 Å². The highest BCUT2D eigenvalue weighted by Gasteiger charge is 2.28. The molecule has 2 rings (SSSR count). The molecular weight excluding hydrogens is 292 g/mol. The number of amides is 2. The van der Waals surface area contributed by atoms with Crippen LogP contribution in [0.2, 0.25) is 0 Å². The number of benzene rings is 1. The summed E-state index contributed by atoms with van der Waals surface area (Å²) in [6.45, 7) is 0.457. The van der Waals surface area contributed by atoms with Crippen molar-refractivity contribution >= 4 is 12.0 Å². The molecule has 0 radical (unpaired) electrons. The summed E-state index contributed by atoms with van der Waals surface area (Å²) in [5.74, 6) is 0.594. The lowest BCUT2D eigenvalue weighted by molar-refractivity contribution is -0.122. The van der Waals surface area contributed by atoms with Crippen molar-refractivity contribution in [2.45, 2.75) is 44.6 Å². The topological polar surface area (TPSA) is 67.4 Å². The molecule has 1 saturated carbocycles. The summed E-state index contributed by atoms with van der Waals surface area (Å²) in [6.07, 6.45) is 5.02. The first-order chi connectivity index (χ1) is 11.2. The van der Waals surface area contributed by atoms with Crippen LogP contribution in [0, 0.1) is 5.92 Å². The smallest absolute Gasteiger partial charge is 0.406 e. The highest BCUT2D eigenvalue weighted by molar-refractivity contribution is 5.76. The van der Waals surface area contributed by atoms with Gasteiger partial charge in [-0.25, -0.2) is 4.79 Å². The summed E-state index contributed by atoms with van der Waals surface area (Å²) >= 11 is 0. The van der Waals surface area contributed by atoms with Crippen LogP contribution in [0.1, 0.15) is 37.7 Å². The predicted octanol–water partition coefficient (Wildman–Crippen LogP) is 2.65. The Balaban J connectivity index is 1.71. The van der Waals surface area contributed by atoms with E-state index in [0.717, 1.165) is 12.8 Å². The van der Waals surface area contributed by atoms with Crippen molar-refractivity contribution < 1.29 is 14.3 Å². The lowest BCUT2D eigenvalue weighted by Crippen LogP contribution is -2.38. The molecule has 1 aromatic carbocycles. The van der Waals surface area contributed by atoms with Crippen LogP contribution in [0.4, 0.5) is 4.79 Å². The molecule has 1 aliphatic rings. The molecule has 2 atom stereocenters. The molecule has 23 heavy (non-hydrogen) atoms. The predicted molar refractivity (Wildman–Crippen MR) is 89.1 cm³/mol. The van der Waals surface area contributed by atoms with Crippen molar-refractivity contribution in [1.29, 1.82) is 0 Å². The summed E-state index contributed by atoms with van der Waals surface area (Å²) in [6, 6.07) is 10.7. The highest BCUT2D eigenvalue weighted by Crippen LogP contribution is 2.28. The largest absolute Gasteiger partial charge is 0.453 e. The Labute approximate surface area is 137 Å². The van der Waals surface area contributed by atoms with Crippen LogP contribution in [0.3, 0.4) is 0 Å². The van der Waals surface area contributed by atoms with Gasteiger partial charge in [-0.3, -0.25) is 4.79 Å². The van der Waals surface area contributed by atoms with E-state index in [4.69, 9.17) is 0 Å². The number of carbonyl (C=O) groups is 2. The fraction of sp³-hybridized carbons (Fsp3) is 0.556. The Morgan fingerprint density at radius 2 is 2.00 bits per heavy atom. The number of carbonyl (C=O) groups excluding carboxylic acids is 2. The summed E-state index contributed by atoms with van der Waals surface area (Å²) in [7, 11) is 1.33. The monoisotopic (exact) mass is 318 g/mol. The fourth-order valence-electron chi connectivity index (χ4n) is 3.18. The molecule has 126 valence electrons. The third-order valence-electron chi connectivity index (χ3n) is 4.38. The van der Waals surface area contributed by atoms with E-state index in [2.05, 4.69) is 39.6 Å². The van der Waals surface area contributed by atoms with E-state index >= 15 is 0 Å². The molecule has 5 nitrogen and oxygen atoms in total. The van der Waals surface area contributed by atoms with Gasteiger partial charge >= 0.3 is 6.09 Å². The summed E-state index contributed by atoms with van der Waals surface area (Å²) in [4.78, 5) is 23.0. The molecule has 0 spiro atoms. The number of hydrogen-bond donors (Lipinski definition) is 2. The van der Waals surface area contributed by atoms with Gasteiger partial charge in [0, 0.05) is 19.0 Å². The first-order valence-electron chi connectivity index (χ1n) is 8.34. The van der Waals surface area contributed by atoms with E-state index in [9.17, 15) is 9.59 Å². The minimum Gasteiger partial charge on any atom is -0.453 e. The van der Waals surface area contributed by atoms with Crippen LogP contribution in [0.5, 0.6) is 0 Å². The maximum Gasteiger partial charge on any atom is 0.406 e. The zero-order chi connectivity index (χ0) is 16.5. The maximum atomic E-state index is 12.1. The Morgan fingerprint density at radius 3 is 2.74 bits per heavy atom. The molecule has 0 aliphatic heterocycles. The number of alkyl carbamates (subject to hydrolysis) is 1. The van der Waals surface area contributed by atoms with E-state index < -0.39 is 6.09 Å². The molecular formula is C18H26N2O3. The minimum absolute atomic E-state index is 0.0710. The van der Waals surface area contributed by atoms with Crippen LogP contribution in [0.25, 0.3) is 0 Å². The van der Waals surface area contributed by atoms with Gasteiger partial charge in [-0.1, -0.05) is 36.8 Å². The van der Waals surface area contributed by atoms with Crippen molar-refractivity contribution in [3.05, 3.63) is 35.9 Å². The van der Waals surface area contributed by atoms with Crippen molar-refractivity contribution in [2.24, 2.45) is 5.92 Å².